The van der Waals surface area contributed by atoms with Crippen molar-refractivity contribution in [2.45, 2.75) is 12.8 Å². The van der Waals surface area contributed by atoms with Crippen molar-refractivity contribution in [3.63, 3.8) is 0 Å². The summed E-state index contributed by atoms with van der Waals surface area (Å²) in [5.41, 5.74) is 3.81. The van der Waals surface area contributed by atoms with E-state index in [0.29, 0.717) is 23.5 Å². The van der Waals surface area contributed by atoms with Gasteiger partial charge >= 0.3 is 6.03 Å². The molecule has 7 nitrogen and oxygen atoms in total. The third-order valence-electron chi connectivity index (χ3n) is 3.33. The second-order valence-corrected chi connectivity index (χ2v) is 5.04. The lowest BCUT2D eigenvalue weighted by Gasteiger charge is -2.09. The van der Waals surface area contributed by atoms with Crippen molar-refractivity contribution >= 4 is 23.3 Å². The van der Waals surface area contributed by atoms with Crippen molar-refractivity contribution < 1.29 is 19.5 Å². The lowest BCUT2D eigenvalue weighted by molar-refractivity contribution is -0.129. The maximum absolute atomic E-state index is 11.9. The van der Waals surface area contributed by atoms with Gasteiger partial charge in [0.05, 0.1) is 7.11 Å². The van der Waals surface area contributed by atoms with Crippen molar-refractivity contribution in [2.75, 3.05) is 17.7 Å². The van der Waals surface area contributed by atoms with E-state index in [1.54, 1.807) is 49.0 Å². The molecular weight excluding hydrogens is 310 g/mol. The highest BCUT2D eigenvalue weighted by atomic mass is 16.5. The molecule has 126 valence electrons. The zero-order valence-corrected chi connectivity index (χ0v) is 13.2. The third-order valence-corrected chi connectivity index (χ3v) is 3.33. The normalized spacial score (nSPS) is 9.92. The fourth-order valence-corrected chi connectivity index (χ4v) is 2.04. The molecule has 0 atom stereocenters. The topological polar surface area (TPSA) is 99.7 Å². The maximum Gasteiger partial charge on any atom is 0.323 e. The van der Waals surface area contributed by atoms with E-state index in [1.165, 1.54) is 0 Å². The van der Waals surface area contributed by atoms with Gasteiger partial charge in [-0.05, 0) is 48.4 Å². The van der Waals surface area contributed by atoms with Gasteiger partial charge in [0.15, 0.2) is 0 Å². The fourth-order valence-electron chi connectivity index (χ4n) is 2.04. The van der Waals surface area contributed by atoms with Gasteiger partial charge in [-0.25, -0.2) is 10.3 Å². The highest BCUT2D eigenvalue weighted by Gasteiger charge is 2.04. The number of hydroxylamine groups is 1. The molecule has 0 unspecified atom stereocenters. The quantitative estimate of drug-likeness (QED) is 0.484. The molecule has 7 heteroatoms. The Hall–Kier alpha value is -3.06. The van der Waals surface area contributed by atoms with Gasteiger partial charge in [0.2, 0.25) is 5.91 Å². The molecule has 0 aliphatic carbocycles. The number of methoxy groups -OCH3 is 1. The summed E-state index contributed by atoms with van der Waals surface area (Å²) in [6.07, 6.45) is 0.700. The number of amides is 3. The van der Waals surface area contributed by atoms with Gasteiger partial charge in [-0.15, -0.1) is 0 Å². The Labute approximate surface area is 139 Å². The number of rotatable bonds is 6. The fraction of sp³-hybridized carbons (Fsp3) is 0.176. The largest absolute Gasteiger partial charge is 0.497 e. The number of hydrogen-bond donors (Lipinski definition) is 4. The molecule has 0 saturated heterocycles. The van der Waals surface area contributed by atoms with E-state index in [0.717, 1.165) is 5.56 Å². The Bertz CT molecular complexity index is 684. The summed E-state index contributed by atoms with van der Waals surface area (Å²) in [6, 6.07) is 13.8. The summed E-state index contributed by atoms with van der Waals surface area (Å²) in [5, 5.41) is 13.9. The average Bonchev–Trinajstić information content (AvgIpc) is 2.61. The van der Waals surface area contributed by atoms with Crippen LogP contribution in [0.2, 0.25) is 0 Å². The Morgan fingerprint density at radius 3 is 2.00 bits per heavy atom. The molecule has 0 bridgehead atoms. The molecule has 0 heterocycles. The van der Waals surface area contributed by atoms with E-state index in [2.05, 4.69) is 10.6 Å². The molecule has 0 aliphatic heterocycles. The number of aryl methyl sites for hydroxylation is 1. The Morgan fingerprint density at radius 2 is 1.50 bits per heavy atom. The van der Waals surface area contributed by atoms with Gasteiger partial charge in [0.1, 0.15) is 5.75 Å². The smallest absolute Gasteiger partial charge is 0.323 e. The van der Waals surface area contributed by atoms with Crippen LogP contribution in [0.3, 0.4) is 0 Å². The first-order valence-corrected chi connectivity index (χ1v) is 7.34. The van der Waals surface area contributed by atoms with E-state index in [1.807, 2.05) is 12.1 Å². The summed E-state index contributed by atoms with van der Waals surface area (Å²) in [4.78, 5) is 22.9. The molecule has 0 fully saturated rings. The van der Waals surface area contributed by atoms with E-state index >= 15 is 0 Å². The number of urea groups is 1. The summed E-state index contributed by atoms with van der Waals surface area (Å²) in [7, 11) is 1.58. The summed E-state index contributed by atoms with van der Waals surface area (Å²) < 4.78 is 5.06. The predicted octanol–water partition coefficient (Wildman–Crippen LogP) is 2.78. The van der Waals surface area contributed by atoms with Crippen LogP contribution in [0.4, 0.5) is 16.2 Å². The lowest BCUT2D eigenvalue weighted by Crippen LogP contribution is -2.19. The van der Waals surface area contributed by atoms with Crippen molar-refractivity contribution in [1.82, 2.24) is 5.48 Å². The second kappa shape index (κ2) is 8.54. The number of hydrogen-bond acceptors (Lipinski definition) is 4. The number of anilines is 2. The summed E-state index contributed by atoms with van der Waals surface area (Å²) in [5.74, 6) is 0.280. The van der Waals surface area contributed by atoms with E-state index in [-0.39, 0.29) is 12.5 Å². The molecule has 4 N–H and O–H groups in total. The van der Waals surface area contributed by atoms with E-state index in [4.69, 9.17) is 9.94 Å². The minimum Gasteiger partial charge on any atom is -0.497 e. The number of benzene rings is 2. The first kappa shape index (κ1) is 17.3. The summed E-state index contributed by atoms with van der Waals surface area (Å²) in [6.45, 7) is 0. The van der Waals surface area contributed by atoms with E-state index < -0.39 is 5.91 Å². The van der Waals surface area contributed by atoms with Crippen molar-refractivity contribution in [1.29, 1.82) is 0 Å². The first-order chi connectivity index (χ1) is 11.6. The molecule has 24 heavy (non-hydrogen) atoms. The van der Waals surface area contributed by atoms with Crippen molar-refractivity contribution in [3.8, 4) is 5.75 Å². The molecule has 0 radical (unpaired) electrons. The van der Waals surface area contributed by atoms with Crippen molar-refractivity contribution in [3.05, 3.63) is 54.1 Å². The number of carbonyl (C=O) groups is 2. The zero-order valence-electron chi connectivity index (χ0n) is 13.2. The molecule has 0 aromatic heterocycles. The van der Waals surface area contributed by atoms with Gasteiger partial charge in [-0.2, -0.15) is 0 Å². The predicted molar refractivity (Wildman–Crippen MR) is 90.3 cm³/mol. The van der Waals surface area contributed by atoms with Crippen LogP contribution in [-0.4, -0.2) is 24.3 Å². The first-order valence-electron chi connectivity index (χ1n) is 7.34. The van der Waals surface area contributed by atoms with Crippen LogP contribution in [0.25, 0.3) is 0 Å². The monoisotopic (exact) mass is 329 g/mol. The molecule has 2 aromatic rings. The molecule has 2 aromatic carbocycles. The molecule has 0 aliphatic rings. The van der Waals surface area contributed by atoms with Crippen LogP contribution in [-0.2, 0) is 11.2 Å². The SMILES string of the molecule is COc1ccc(NC(=O)Nc2ccc(CCC(=O)NO)cc2)cc1. The van der Waals surface area contributed by atoms with Crippen LogP contribution >= 0.6 is 0 Å². The van der Waals surface area contributed by atoms with Crippen LogP contribution in [0.1, 0.15) is 12.0 Å². The molecular formula is C17H19N3O4. The molecule has 0 saturated carbocycles. The zero-order chi connectivity index (χ0) is 17.4. The Morgan fingerprint density at radius 1 is 0.958 bits per heavy atom. The standard InChI is InChI=1S/C17H19N3O4/c1-24-15-9-7-14(8-10-15)19-17(22)18-13-5-2-12(3-6-13)4-11-16(21)20-23/h2-3,5-10,23H,4,11H2,1H3,(H,20,21)(H2,18,19,22). The Balaban J connectivity index is 1.85. The van der Waals surface area contributed by atoms with Crippen LogP contribution < -0.4 is 20.9 Å². The second-order valence-electron chi connectivity index (χ2n) is 5.04. The molecule has 3 amide bonds. The van der Waals surface area contributed by atoms with Crippen molar-refractivity contribution in [2.24, 2.45) is 0 Å². The van der Waals surface area contributed by atoms with Gasteiger partial charge in [0.25, 0.3) is 0 Å². The molecule has 0 spiro atoms. The third kappa shape index (κ3) is 5.29. The highest BCUT2D eigenvalue weighted by Crippen LogP contribution is 2.16. The summed E-state index contributed by atoms with van der Waals surface area (Å²) >= 11 is 0. The lowest BCUT2D eigenvalue weighted by atomic mass is 10.1. The van der Waals surface area contributed by atoms with Crippen LogP contribution in [0.5, 0.6) is 5.75 Å². The van der Waals surface area contributed by atoms with E-state index in [9.17, 15) is 9.59 Å². The Kier molecular flexibility index (Phi) is 6.16. The van der Waals surface area contributed by atoms with Gasteiger partial charge in [0, 0.05) is 17.8 Å². The van der Waals surface area contributed by atoms with Crippen LogP contribution in [0, 0.1) is 0 Å². The van der Waals surface area contributed by atoms with Gasteiger partial charge in [-0.3, -0.25) is 10.0 Å². The number of ether oxygens (including phenoxy) is 1. The number of carbonyl (C=O) groups excluding carboxylic acids is 2. The van der Waals surface area contributed by atoms with Crippen LogP contribution in [0.15, 0.2) is 48.5 Å². The van der Waals surface area contributed by atoms with Gasteiger partial charge < -0.3 is 15.4 Å². The average molecular weight is 329 g/mol. The van der Waals surface area contributed by atoms with Gasteiger partial charge in [-0.1, -0.05) is 12.1 Å². The maximum atomic E-state index is 11.9. The minimum atomic E-state index is -0.434. The molecule has 2 rings (SSSR count). The highest BCUT2D eigenvalue weighted by molar-refractivity contribution is 5.99. The number of nitrogens with one attached hydrogen (secondary N) is 3. The minimum absolute atomic E-state index is 0.196.